The number of nitro benzene ring substituents is 1. The number of non-ortho nitro benzene ring substituents is 1. The summed E-state index contributed by atoms with van der Waals surface area (Å²) < 4.78 is 5.05. The van der Waals surface area contributed by atoms with E-state index in [9.17, 15) is 19.7 Å². The van der Waals surface area contributed by atoms with Crippen LogP contribution < -0.4 is 5.32 Å². The lowest BCUT2D eigenvalue weighted by Gasteiger charge is -2.24. The van der Waals surface area contributed by atoms with Gasteiger partial charge in [-0.2, -0.15) is 0 Å². The van der Waals surface area contributed by atoms with Crippen LogP contribution in [-0.2, 0) is 14.3 Å². The lowest BCUT2D eigenvalue weighted by molar-refractivity contribution is -0.384. The van der Waals surface area contributed by atoms with Gasteiger partial charge in [0.1, 0.15) is 0 Å². The Morgan fingerprint density at radius 2 is 2.25 bits per heavy atom. The van der Waals surface area contributed by atoms with E-state index < -0.39 is 10.8 Å². The monoisotopic (exact) mass is 335 g/mol. The molecule has 1 aliphatic heterocycles. The van der Waals surface area contributed by atoms with E-state index in [0.717, 1.165) is 0 Å². The van der Waals surface area contributed by atoms with Crippen LogP contribution in [-0.4, -0.2) is 47.9 Å². The van der Waals surface area contributed by atoms with Crippen molar-refractivity contribution in [2.45, 2.75) is 26.3 Å². The summed E-state index contributed by atoms with van der Waals surface area (Å²) in [5.41, 5.74) is 1.09. The summed E-state index contributed by atoms with van der Waals surface area (Å²) in [7, 11) is 1.57. The van der Waals surface area contributed by atoms with Crippen LogP contribution >= 0.6 is 0 Å². The number of rotatable bonds is 6. The van der Waals surface area contributed by atoms with Gasteiger partial charge >= 0.3 is 0 Å². The number of nitro groups is 1. The molecule has 1 aromatic carbocycles. The molecule has 2 amide bonds. The first kappa shape index (κ1) is 17.9. The lowest BCUT2D eigenvalue weighted by atomic mass is 10.1. The summed E-state index contributed by atoms with van der Waals surface area (Å²) in [6.45, 7) is 4.33. The first-order chi connectivity index (χ1) is 11.3. The molecule has 1 fully saturated rings. The van der Waals surface area contributed by atoms with E-state index in [1.807, 2.05) is 6.92 Å². The highest BCUT2D eigenvalue weighted by molar-refractivity contribution is 5.97. The molecule has 0 aromatic heterocycles. The fourth-order valence-corrected chi connectivity index (χ4v) is 2.80. The number of aryl methyl sites for hydroxylation is 1. The maximum Gasteiger partial charge on any atom is 0.269 e. The van der Waals surface area contributed by atoms with Gasteiger partial charge in [-0.25, -0.2) is 0 Å². The molecule has 2 rings (SSSR count). The zero-order valence-corrected chi connectivity index (χ0v) is 13.9. The number of methoxy groups -OCH3 is 1. The standard InChI is InChI=1S/C16H21N3O5/c1-10-6-13(19(22)23)4-5-14(10)17-16(21)12-7-15(20)18(8-12)11(2)9-24-3/h4-6,11-12H,7-9H2,1-3H3,(H,17,21)/t11-,12-/m1/s1. The highest BCUT2D eigenvalue weighted by Crippen LogP contribution is 2.25. The molecule has 8 nitrogen and oxygen atoms in total. The summed E-state index contributed by atoms with van der Waals surface area (Å²) in [6.07, 6.45) is 0.159. The van der Waals surface area contributed by atoms with E-state index in [2.05, 4.69) is 5.32 Å². The Bertz CT molecular complexity index is 661. The number of likely N-dealkylation sites (tertiary alicyclic amines) is 1. The third-order valence-electron chi connectivity index (χ3n) is 4.15. The maximum atomic E-state index is 12.4. The van der Waals surface area contributed by atoms with Crippen molar-refractivity contribution in [3.05, 3.63) is 33.9 Å². The van der Waals surface area contributed by atoms with Gasteiger partial charge in [0, 0.05) is 37.9 Å². The number of carbonyl (C=O) groups is 2. The fourth-order valence-electron chi connectivity index (χ4n) is 2.80. The van der Waals surface area contributed by atoms with Crippen LogP contribution in [0.15, 0.2) is 18.2 Å². The van der Waals surface area contributed by atoms with Crippen LogP contribution in [0, 0.1) is 23.0 Å². The minimum Gasteiger partial charge on any atom is -0.383 e. The van der Waals surface area contributed by atoms with Gasteiger partial charge in [0.15, 0.2) is 0 Å². The van der Waals surface area contributed by atoms with E-state index in [-0.39, 0.29) is 30.0 Å². The van der Waals surface area contributed by atoms with Crippen molar-refractivity contribution < 1.29 is 19.2 Å². The predicted molar refractivity (Wildman–Crippen MR) is 87.6 cm³/mol. The Morgan fingerprint density at radius 1 is 1.54 bits per heavy atom. The van der Waals surface area contributed by atoms with Crippen molar-refractivity contribution in [1.29, 1.82) is 0 Å². The smallest absolute Gasteiger partial charge is 0.269 e. The number of carbonyl (C=O) groups excluding carboxylic acids is 2. The molecule has 0 saturated carbocycles. The summed E-state index contributed by atoms with van der Waals surface area (Å²) >= 11 is 0. The van der Waals surface area contributed by atoms with E-state index in [0.29, 0.717) is 24.4 Å². The van der Waals surface area contributed by atoms with Crippen LogP contribution in [0.1, 0.15) is 18.9 Å². The predicted octanol–water partition coefficient (Wildman–Crippen LogP) is 1.73. The molecule has 1 aliphatic rings. The zero-order valence-electron chi connectivity index (χ0n) is 13.9. The average molecular weight is 335 g/mol. The second kappa shape index (κ2) is 7.39. The number of hydrogen-bond donors (Lipinski definition) is 1. The number of amides is 2. The van der Waals surface area contributed by atoms with Crippen molar-refractivity contribution >= 4 is 23.2 Å². The number of benzene rings is 1. The molecule has 1 saturated heterocycles. The Labute approximate surface area is 139 Å². The zero-order chi connectivity index (χ0) is 17.9. The van der Waals surface area contributed by atoms with Gasteiger partial charge in [-0.15, -0.1) is 0 Å². The Hall–Kier alpha value is -2.48. The average Bonchev–Trinajstić information content (AvgIpc) is 2.91. The maximum absolute atomic E-state index is 12.4. The van der Waals surface area contributed by atoms with Gasteiger partial charge in [-0.05, 0) is 25.5 Å². The lowest BCUT2D eigenvalue weighted by Crippen LogP contribution is -2.38. The quantitative estimate of drug-likeness (QED) is 0.630. The van der Waals surface area contributed by atoms with Gasteiger partial charge in [0.25, 0.3) is 5.69 Å². The van der Waals surface area contributed by atoms with Crippen molar-refractivity contribution in [3.8, 4) is 0 Å². The second-order valence-corrected chi connectivity index (χ2v) is 6.00. The molecule has 24 heavy (non-hydrogen) atoms. The molecule has 0 aliphatic carbocycles. The molecule has 0 radical (unpaired) electrons. The third kappa shape index (κ3) is 3.88. The summed E-state index contributed by atoms with van der Waals surface area (Å²) in [5.74, 6) is -0.765. The van der Waals surface area contributed by atoms with Gasteiger partial charge < -0.3 is 15.0 Å². The summed E-state index contributed by atoms with van der Waals surface area (Å²) in [4.78, 5) is 36.4. The van der Waals surface area contributed by atoms with Crippen molar-refractivity contribution in [3.63, 3.8) is 0 Å². The van der Waals surface area contributed by atoms with Crippen molar-refractivity contribution in [2.75, 3.05) is 25.6 Å². The second-order valence-electron chi connectivity index (χ2n) is 6.00. The molecule has 0 unspecified atom stereocenters. The number of anilines is 1. The van der Waals surface area contributed by atoms with Crippen LogP contribution in [0.4, 0.5) is 11.4 Å². The molecule has 130 valence electrons. The van der Waals surface area contributed by atoms with Gasteiger partial charge in [0.05, 0.1) is 23.5 Å². The fraction of sp³-hybridized carbons (Fsp3) is 0.500. The molecule has 0 bridgehead atoms. The van der Waals surface area contributed by atoms with E-state index in [4.69, 9.17) is 4.74 Å². The highest BCUT2D eigenvalue weighted by Gasteiger charge is 2.36. The summed E-state index contributed by atoms with van der Waals surface area (Å²) in [5, 5.41) is 13.5. The number of hydrogen-bond acceptors (Lipinski definition) is 5. The molecule has 2 atom stereocenters. The normalized spacial score (nSPS) is 18.5. The molecular weight excluding hydrogens is 314 g/mol. The Morgan fingerprint density at radius 3 is 2.83 bits per heavy atom. The first-order valence-corrected chi connectivity index (χ1v) is 7.67. The van der Waals surface area contributed by atoms with Crippen molar-refractivity contribution in [1.82, 2.24) is 4.90 Å². The van der Waals surface area contributed by atoms with Crippen LogP contribution in [0.5, 0.6) is 0 Å². The summed E-state index contributed by atoms with van der Waals surface area (Å²) in [6, 6.07) is 4.17. The highest BCUT2D eigenvalue weighted by atomic mass is 16.6. The molecular formula is C16H21N3O5. The minimum absolute atomic E-state index is 0.0268. The van der Waals surface area contributed by atoms with Crippen molar-refractivity contribution in [2.24, 2.45) is 5.92 Å². The topological polar surface area (TPSA) is 102 Å². The van der Waals surface area contributed by atoms with Crippen LogP contribution in [0.3, 0.4) is 0 Å². The van der Waals surface area contributed by atoms with E-state index in [1.54, 1.807) is 18.9 Å². The number of nitrogens with zero attached hydrogens (tertiary/aromatic N) is 2. The Balaban J connectivity index is 2.03. The number of nitrogens with one attached hydrogen (secondary N) is 1. The Kier molecular flexibility index (Phi) is 5.50. The van der Waals surface area contributed by atoms with Crippen LogP contribution in [0.25, 0.3) is 0 Å². The van der Waals surface area contributed by atoms with E-state index >= 15 is 0 Å². The molecule has 8 heteroatoms. The van der Waals surface area contributed by atoms with Crippen LogP contribution in [0.2, 0.25) is 0 Å². The SMILES string of the molecule is COC[C@@H](C)N1C[C@H](C(=O)Nc2ccc([N+](=O)[O-])cc2C)CC1=O. The van der Waals surface area contributed by atoms with E-state index in [1.165, 1.54) is 18.2 Å². The first-order valence-electron chi connectivity index (χ1n) is 7.67. The molecule has 0 spiro atoms. The number of ether oxygens (including phenoxy) is 1. The largest absolute Gasteiger partial charge is 0.383 e. The molecule has 1 heterocycles. The van der Waals surface area contributed by atoms with Gasteiger partial charge in [0.2, 0.25) is 11.8 Å². The molecule has 1 N–H and O–H groups in total. The molecule has 1 aromatic rings. The minimum atomic E-state index is -0.483. The third-order valence-corrected chi connectivity index (χ3v) is 4.15. The van der Waals surface area contributed by atoms with Gasteiger partial charge in [-0.1, -0.05) is 0 Å². The van der Waals surface area contributed by atoms with Gasteiger partial charge in [-0.3, -0.25) is 19.7 Å².